The van der Waals surface area contributed by atoms with Gasteiger partial charge >= 0.3 is 0 Å². The maximum Gasteiger partial charge on any atom is 0.0192 e. The van der Waals surface area contributed by atoms with Crippen LogP contribution >= 0.6 is 23.5 Å². The average molecular weight is 202 g/mol. The van der Waals surface area contributed by atoms with Gasteiger partial charge < -0.3 is 0 Å². The summed E-state index contributed by atoms with van der Waals surface area (Å²) < 4.78 is 0. The fourth-order valence-corrected chi connectivity index (χ4v) is 3.58. The summed E-state index contributed by atoms with van der Waals surface area (Å²) in [6.45, 7) is 4.80. The van der Waals surface area contributed by atoms with E-state index >= 15 is 0 Å². The molecular weight excluding hydrogens is 184 g/mol. The summed E-state index contributed by atoms with van der Waals surface area (Å²) in [5.41, 5.74) is 0. The molecule has 70 valence electrons. The molecule has 2 aliphatic rings. The van der Waals surface area contributed by atoms with Crippen molar-refractivity contribution in [3.63, 3.8) is 0 Å². The first-order valence-electron chi connectivity index (χ1n) is 5.04. The summed E-state index contributed by atoms with van der Waals surface area (Å²) in [5, 5.41) is 3.04. The van der Waals surface area contributed by atoms with Gasteiger partial charge in [-0.2, -0.15) is 23.5 Å². The number of thioether (sulfide) groups is 2. The predicted octanol–water partition coefficient (Wildman–Crippen LogP) is 3.41. The highest BCUT2D eigenvalue weighted by Gasteiger charge is 2.37. The van der Waals surface area contributed by atoms with Gasteiger partial charge in [0.15, 0.2) is 0 Å². The summed E-state index contributed by atoms with van der Waals surface area (Å²) >= 11 is 4.31. The molecule has 4 unspecified atom stereocenters. The second-order valence-corrected chi connectivity index (χ2v) is 7.06. The summed E-state index contributed by atoms with van der Waals surface area (Å²) in [6, 6.07) is 0. The average Bonchev–Trinajstić information content (AvgIpc) is 2.85. The quantitative estimate of drug-likeness (QED) is 0.627. The lowest BCUT2D eigenvalue weighted by atomic mass is 9.99. The second-order valence-electron chi connectivity index (χ2n) is 4.17. The van der Waals surface area contributed by atoms with E-state index in [1.807, 2.05) is 0 Å². The molecule has 0 spiro atoms. The zero-order valence-corrected chi connectivity index (χ0v) is 9.59. The van der Waals surface area contributed by atoms with Crippen molar-refractivity contribution in [2.24, 2.45) is 5.92 Å². The normalized spacial score (nSPS) is 41.0. The Morgan fingerprint density at radius 1 is 1.50 bits per heavy atom. The third kappa shape index (κ3) is 2.59. The molecule has 0 saturated carbocycles. The molecule has 2 heteroatoms. The third-order valence-electron chi connectivity index (χ3n) is 2.91. The molecule has 0 aromatic carbocycles. The van der Waals surface area contributed by atoms with E-state index in [1.165, 1.54) is 25.0 Å². The summed E-state index contributed by atoms with van der Waals surface area (Å²) in [4.78, 5) is 0. The molecule has 0 aromatic heterocycles. The zero-order chi connectivity index (χ0) is 8.55. The molecule has 2 saturated heterocycles. The Kier molecular flexibility index (Phi) is 2.96. The van der Waals surface area contributed by atoms with Crippen LogP contribution in [0.1, 0.15) is 33.1 Å². The molecular formula is C10H18S2. The van der Waals surface area contributed by atoms with Crippen LogP contribution in [0.15, 0.2) is 0 Å². The van der Waals surface area contributed by atoms with Crippen LogP contribution in [0.25, 0.3) is 0 Å². The zero-order valence-electron chi connectivity index (χ0n) is 7.95. The Bertz CT molecular complexity index is 154. The first-order chi connectivity index (χ1) is 5.77. The highest BCUT2D eigenvalue weighted by atomic mass is 32.2. The van der Waals surface area contributed by atoms with E-state index in [1.54, 1.807) is 0 Å². The maximum atomic E-state index is 2.43. The predicted molar refractivity (Wildman–Crippen MR) is 60.1 cm³/mol. The Hall–Kier alpha value is 0.700. The molecule has 0 radical (unpaired) electrons. The van der Waals surface area contributed by atoms with Gasteiger partial charge in [0.2, 0.25) is 0 Å². The molecule has 0 bridgehead atoms. The van der Waals surface area contributed by atoms with Gasteiger partial charge in [0, 0.05) is 21.5 Å². The summed E-state index contributed by atoms with van der Waals surface area (Å²) in [6.07, 6.45) is 4.43. The van der Waals surface area contributed by atoms with E-state index in [2.05, 4.69) is 37.4 Å². The van der Waals surface area contributed by atoms with E-state index in [0.29, 0.717) is 0 Å². The number of rotatable bonds is 5. The molecule has 0 nitrogen and oxygen atoms in total. The van der Waals surface area contributed by atoms with Crippen molar-refractivity contribution in [1.82, 2.24) is 0 Å². The Labute approximate surface area is 84.3 Å². The summed E-state index contributed by atoms with van der Waals surface area (Å²) in [5.74, 6) is 2.43. The lowest BCUT2D eigenvalue weighted by Crippen LogP contribution is -2.05. The van der Waals surface area contributed by atoms with Crippen LogP contribution in [0.2, 0.25) is 0 Å². The van der Waals surface area contributed by atoms with E-state index in [-0.39, 0.29) is 0 Å². The van der Waals surface area contributed by atoms with E-state index in [9.17, 15) is 0 Å². The highest BCUT2D eigenvalue weighted by molar-refractivity contribution is 8.07. The molecule has 0 amide bonds. The van der Waals surface area contributed by atoms with E-state index in [4.69, 9.17) is 0 Å². The molecule has 0 N–H and O–H groups in total. The van der Waals surface area contributed by atoms with Crippen LogP contribution in [0.5, 0.6) is 0 Å². The first-order valence-corrected chi connectivity index (χ1v) is 7.03. The van der Waals surface area contributed by atoms with Crippen LogP contribution in [0.3, 0.4) is 0 Å². The van der Waals surface area contributed by atoms with Gasteiger partial charge in [0.25, 0.3) is 0 Å². The SMILES string of the molecule is CC(CCCC1CS1)C1SC1C. The largest absolute Gasteiger partial charge is 0.157 e. The van der Waals surface area contributed by atoms with Crippen molar-refractivity contribution >= 4 is 23.5 Å². The topological polar surface area (TPSA) is 0 Å². The molecule has 0 aliphatic carbocycles. The van der Waals surface area contributed by atoms with Crippen molar-refractivity contribution in [3.8, 4) is 0 Å². The standard InChI is InChI=1S/C10H18S2/c1-7(10-8(2)12-10)4-3-5-9-6-11-9/h7-10H,3-6H2,1-2H3. The van der Waals surface area contributed by atoms with Gasteiger partial charge in [-0.05, 0) is 18.8 Å². The highest BCUT2D eigenvalue weighted by Crippen LogP contribution is 2.47. The van der Waals surface area contributed by atoms with Gasteiger partial charge in [-0.3, -0.25) is 0 Å². The molecule has 12 heavy (non-hydrogen) atoms. The van der Waals surface area contributed by atoms with Crippen LogP contribution < -0.4 is 0 Å². The molecule has 2 heterocycles. The van der Waals surface area contributed by atoms with Gasteiger partial charge in [-0.1, -0.05) is 20.3 Å². The second kappa shape index (κ2) is 3.83. The van der Waals surface area contributed by atoms with E-state index < -0.39 is 0 Å². The minimum atomic E-state index is 0.968. The van der Waals surface area contributed by atoms with Crippen molar-refractivity contribution in [3.05, 3.63) is 0 Å². The first kappa shape index (κ1) is 9.26. The minimum absolute atomic E-state index is 0.968. The van der Waals surface area contributed by atoms with Crippen molar-refractivity contribution in [2.75, 3.05) is 5.75 Å². The fraction of sp³-hybridized carbons (Fsp3) is 1.00. The van der Waals surface area contributed by atoms with Crippen LogP contribution in [-0.2, 0) is 0 Å². The van der Waals surface area contributed by atoms with E-state index in [0.717, 1.165) is 21.7 Å². The Morgan fingerprint density at radius 3 is 2.67 bits per heavy atom. The molecule has 2 fully saturated rings. The Morgan fingerprint density at radius 2 is 2.17 bits per heavy atom. The molecule has 0 aromatic rings. The van der Waals surface area contributed by atoms with Crippen molar-refractivity contribution in [1.29, 1.82) is 0 Å². The Balaban J connectivity index is 1.53. The van der Waals surface area contributed by atoms with Crippen LogP contribution in [0.4, 0.5) is 0 Å². The van der Waals surface area contributed by atoms with Gasteiger partial charge in [0.05, 0.1) is 0 Å². The fourth-order valence-electron chi connectivity index (χ4n) is 1.87. The van der Waals surface area contributed by atoms with Gasteiger partial charge in [-0.25, -0.2) is 0 Å². The molecule has 4 atom stereocenters. The lowest BCUT2D eigenvalue weighted by molar-refractivity contribution is 0.504. The number of hydrogen-bond donors (Lipinski definition) is 0. The van der Waals surface area contributed by atoms with Crippen molar-refractivity contribution < 1.29 is 0 Å². The van der Waals surface area contributed by atoms with Gasteiger partial charge in [-0.15, -0.1) is 0 Å². The monoisotopic (exact) mass is 202 g/mol. The molecule has 2 rings (SSSR count). The smallest absolute Gasteiger partial charge is 0.0192 e. The lowest BCUT2D eigenvalue weighted by Gasteiger charge is -2.07. The third-order valence-corrected chi connectivity index (χ3v) is 5.54. The molecule has 2 aliphatic heterocycles. The summed E-state index contributed by atoms with van der Waals surface area (Å²) in [7, 11) is 0. The number of hydrogen-bond acceptors (Lipinski definition) is 2. The minimum Gasteiger partial charge on any atom is -0.157 e. The van der Waals surface area contributed by atoms with Crippen LogP contribution in [-0.4, -0.2) is 21.5 Å². The van der Waals surface area contributed by atoms with Crippen LogP contribution in [0, 0.1) is 5.92 Å². The maximum absolute atomic E-state index is 2.43. The van der Waals surface area contributed by atoms with Crippen molar-refractivity contribution in [2.45, 2.75) is 48.9 Å². The van der Waals surface area contributed by atoms with Gasteiger partial charge in [0.1, 0.15) is 0 Å².